The van der Waals surface area contributed by atoms with Crippen LogP contribution in [-0.4, -0.2) is 69.1 Å². The van der Waals surface area contributed by atoms with E-state index >= 15 is 0 Å². The highest BCUT2D eigenvalue weighted by Gasteiger charge is 2.61. The van der Waals surface area contributed by atoms with E-state index in [1.807, 2.05) is 26.0 Å². The van der Waals surface area contributed by atoms with E-state index in [2.05, 4.69) is 0 Å². The summed E-state index contributed by atoms with van der Waals surface area (Å²) in [7, 11) is 0. The summed E-state index contributed by atoms with van der Waals surface area (Å²) in [6.07, 6.45) is 0.816. The molecule has 0 aromatic heterocycles. The summed E-state index contributed by atoms with van der Waals surface area (Å²) in [6.45, 7) is 5.79. The molecule has 1 heterocycles. The van der Waals surface area contributed by atoms with Gasteiger partial charge in [0.1, 0.15) is 17.2 Å². The summed E-state index contributed by atoms with van der Waals surface area (Å²) in [4.78, 5) is 24.2. The van der Waals surface area contributed by atoms with Crippen LogP contribution >= 0.6 is 0 Å². The summed E-state index contributed by atoms with van der Waals surface area (Å²) in [6, 6.07) is 0. The van der Waals surface area contributed by atoms with Crippen LogP contribution in [0.1, 0.15) is 40.5 Å². The van der Waals surface area contributed by atoms with E-state index in [1.54, 1.807) is 13.8 Å². The van der Waals surface area contributed by atoms with Crippen LogP contribution in [-0.2, 0) is 14.3 Å². The van der Waals surface area contributed by atoms with Gasteiger partial charge in [-0.25, -0.2) is 0 Å². The minimum atomic E-state index is -1.35. The summed E-state index contributed by atoms with van der Waals surface area (Å²) >= 11 is 0. The molecule has 7 atom stereocenters. The number of carbonyl (C=O) groups is 2. The Morgan fingerprint density at radius 2 is 1.77 bits per heavy atom. The maximum Gasteiger partial charge on any atom is 0.148 e. The predicted molar refractivity (Wildman–Crippen MR) is 95.3 cm³/mol. The minimum absolute atomic E-state index is 0.0236. The second-order valence-electron chi connectivity index (χ2n) is 7.20. The van der Waals surface area contributed by atoms with E-state index in [0.29, 0.717) is 0 Å². The maximum atomic E-state index is 12.7. The SMILES string of the molecule is CC=C[C@H](C)[C@H]1OC1(C)[C@@H](O)[C@@H](CO)C(=O)C(CO)C(O)CC(=O)CC. The molecule has 1 aliphatic rings. The highest BCUT2D eigenvalue weighted by molar-refractivity contribution is 5.86. The van der Waals surface area contributed by atoms with E-state index in [1.165, 1.54) is 0 Å². The molecule has 1 rings (SSSR count). The zero-order valence-corrected chi connectivity index (χ0v) is 16.0. The van der Waals surface area contributed by atoms with Crippen LogP contribution in [0.2, 0.25) is 0 Å². The lowest BCUT2D eigenvalue weighted by Gasteiger charge is -2.28. The third-order valence-corrected chi connectivity index (χ3v) is 5.25. The number of hydrogen-bond donors (Lipinski definition) is 4. The van der Waals surface area contributed by atoms with Crippen molar-refractivity contribution in [3.63, 3.8) is 0 Å². The first-order valence-electron chi connectivity index (χ1n) is 9.11. The normalized spacial score (nSPS) is 28.4. The van der Waals surface area contributed by atoms with Crippen molar-refractivity contribution in [1.82, 2.24) is 0 Å². The van der Waals surface area contributed by atoms with Crippen molar-refractivity contribution < 1.29 is 34.8 Å². The minimum Gasteiger partial charge on any atom is -0.396 e. The lowest BCUT2D eigenvalue weighted by atomic mass is 9.79. The number of ether oxygens (including phenoxy) is 1. The van der Waals surface area contributed by atoms with E-state index in [0.717, 1.165) is 0 Å². The number of ketones is 2. The van der Waals surface area contributed by atoms with E-state index in [4.69, 9.17) is 4.74 Å². The van der Waals surface area contributed by atoms with Gasteiger partial charge in [0.05, 0.1) is 43.4 Å². The Kier molecular flexibility index (Phi) is 8.56. The zero-order valence-electron chi connectivity index (χ0n) is 16.0. The number of aliphatic hydroxyl groups is 4. The van der Waals surface area contributed by atoms with Gasteiger partial charge in [-0.3, -0.25) is 9.59 Å². The first kappa shape index (κ1) is 22.9. The third-order valence-electron chi connectivity index (χ3n) is 5.25. The Hall–Kier alpha value is -1.12. The molecule has 0 saturated carbocycles. The van der Waals surface area contributed by atoms with Crippen LogP contribution in [0.3, 0.4) is 0 Å². The third kappa shape index (κ3) is 4.98. The Balaban J connectivity index is 2.88. The predicted octanol–water partition coefficient (Wildman–Crippen LogP) is 0.233. The molecule has 3 unspecified atom stereocenters. The van der Waals surface area contributed by atoms with Gasteiger partial charge in [-0.15, -0.1) is 0 Å². The largest absolute Gasteiger partial charge is 0.396 e. The molecule has 0 aromatic carbocycles. The molecule has 1 fully saturated rings. The second-order valence-corrected chi connectivity index (χ2v) is 7.20. The van der Waals surface area contributed by atoms with Crippen LogP contribution in [0, 0.1) is 17.8 Å². The van der Waals surface area contributed by atoms with Crippen molar-refractivity contribution >= 4 is 11.6 Å². The lowest BCUT2D eigenvalue weighted by Crippen LogP contribution is -2.47. The molecule has 7 heteroatoms. The average molecular weight is 372 g/mol. The van der Waals surface area contributed by atoms with Crippen LogP contribution in [0.5, 0.6) is 0 Å². The van der Waals surface area contributed by atoms with Gasteiger partial charge in [-0.1, -0.05) is 26.0 Å². The number of carbonyl (C=O) groups excluding carboxylic acids is 2. The monoisotopic (exact) mass is 372 g/mol. The molecular formula is C19H32O7. The molecule has 150 valence electrons. The smallest absolute Gasteiger partial charge is 0.148 e. The van der Waals surface area contributed by atoms with Gasteiger partial charge in [-0.2, -0.15) is 0 Å². The first-order chi connectivity index (χ1) is 12.2. The summed E-state index contributed by atoms with van der Waals surface area (Å²) in [5, 5.41) is 40.0. The number of aliphatic hydroxyl groups excluding tert-OH is 4. The van der Waals surface area contributed by atoms with Gasteiger partial charge in [0.15, 0.2) is 0 Å². The van der Waals surface area contributed by atoms with Gasteiger partial charge in [0.2, 0.25) is 0 Å². The van der Waals surface area contributed by atoms with Gasteiger partial charge < -0.3 is 25.2 Å². The summed E-state index contributed by atoms with van der Waals surface area (Å²) in [5.41, 5.74) is -0.994. The molecule has 1 saturated heterocycles. The maximum absolute atomic E-state index is 12.7. The molecule has 0 aliphatic carbocycles. The van der Waals surface area contributed by atoms with Gasteiger partial charge in [0, 0.05) is 18.8 Å². The van der Waals surface area contributed by atoms with Crippen LogP contribution in [0.4, 0.5) is 0 Å². The van der Waals surface area contributed by atoms with E-state index in [-0.39, 0.29) is 30.6 Å². The van der Waals surface area contributed by atoms with Crippen molar-refractivity contribution in [3.05, 3.63) is 12.2 Å². The average Bonchev–Trinajstić information content (AvgIpc) is 3.29. The molecule has 0 spiro atoms. The molecule has 26 heavy (non-hydrogen) atoms. The van der Waals surface area contributed by atoms with Crippen LogP contribution in [0.15, 0.2) is 12.2 Å². The highest BCUT2D eigenvalue weighted by Crippen LogP contribution is 2.46. The lowest BCUT2D eigenvalue weighted by molar-refractivity contribution is -0.140. The van der Waals surface area contributed by atoms with E-state index in [9.17, 15) is 30.0 Å². The van der Waals surface area contributed by atoms with Gasteiger partial charge in [0.25, 0.3) is 0 Å². The Labute approximate surface area is 154 Å². The fourth-order valence-corrected chi connectivity index (χ4v) is 3.45. The van der Waals surface area contributed by atoms with Gasteiger partial charge in [-0.05, 0) is 13.8 Å². The van der Waals surface area contributed by atoms with E-state index < -0.39 is 48.6 Å². The van der Waals surface area contributed by atoms with Crippen molar-refractivity contribution in [2.75, 3.05) is 13.2 Å². The Morgan fingerprint density at radius 1 is 1.19 bits per heavy atom. The number of epoxide rings is 1. The van der Waals surface area contributed by atoms with Crippen molar-refractivity contribution in [1.29, 1.82) is 0 Å². The molecule has 0 radical (unpaired) electrons. The van der Waals surface area contributed by atoms with Gasteiger partial charge >= 0.3 is 0 Å². The quantitative estimate of drug-likeness (QED) is 0.285. The Morgan fingerprint density at radius 3 is 2.23 bits per heavy atom. The standard InChI is InChI=1S/C19H32O7/c1-5-7-11(3)18-19(4,26-18)17(25)14(10-21)16(24)13(9-20)15(23)8-12(22)6-2/h5,7,11,13-15,17-18,20-21,23,25H,6,8-10H2,1-4H3/t11-,13?,14-,15?,17-,18+,19?/m0/s1. The summed E-state index contributed by atoms with van der Waals surface area (Å²) in [5.74, 6) is -3.34. The first-order valence-corrected chi connectivity index (χ1v) is 9.11. The molecule has 7 nitrogen and oxygen atoms in total. The fraction of sp³-hybridized carbons (Fsp3) is 0.789. The Bertz CT molecular complexity index is 518. The number of rotatable bonds is 12. The number of allylic oxidation sites excluding steroid dienone is 1. The van der Waals surface area contributed by atoms with Crippen LogP contribution < -0.4 is 0 Å². The molecule has 0 aromatic rings. The molecule has 1 aliphatic heterocycles. The molecule has 0 bridgehead atoms. The van der Waals surface area contributed by atoms with Crippen molar-refractivity contribution in [2.24, 2.45) is 17.8 Å². The highest BCUT2D eigenvalue weighted by atomic mass is 16.6. The van der Waals surface area contributed by atoms with Crippen molar-refractivity contribution in [3.8, 4) is 0 Å². The number of Topliss-reactive ketones (excluding diaryl/α,β-unsaturated/α-hetero) is 2. The second kappa shape index (κ2) is 9.71. The zero-order chi connectivity index (χ0) is 20.1. The number of hydrogen-bond acceptors (Lipinski definition) is 7. The molecule has 0 amide bonds. The fourth-order valence-electron chi connectivity index (χ4n) is 3.45. The van der Waals surface area contributed by atoms with Crippen molar-refractivity contribution in [2.45, 2.75) is 64.4 Å². The molecular weight excluding hydrogens is 340 g/mol. The summed E-state index contributed by atoms with van der Waals surface area (Å²) < 4.78 is 5.63. The van der Waals surface area contributed by atoms with Crippen LogP contribution in [0.25, 0.3) is 0 Å². The topological polar surface area (TPSA) is 128 Å². The molecule has 4 N–H and O–H groups in total.